The van der Waals surface area contributed by atoms with Gasteiger partial charge in [0.25, 0.3) is 5.91 Å². The first-order chi connectivity index (χ1) is 9.78. The molecule has 0 bridgehead atoms. The van der Waals surface area contributed by atoms with Crippen molar-refractivity contribution >= 4 is 17.5 Å². The van der Waals surface area contributed by atoms with Gasteiger partial charge < -0.3 is 20.3 Å². The maximum Gasteiger partial charge on any atom is 0.254 e. The van der Waals surface area contributed by atoms with Gasteiger partial charge in [0.2, 0.25) is 5.91 Å². The van der Waals surface area contributed by atoms with Crippen molar-refractivity contribution in [2.75, 3.05) is 33.0 Å². The fraction of sp³-hybridized carbons (Fsp3) is 0.467. The Kier molecular flexibility index (Phi) is 3.80. The number of carbonyl (C=O) groups excluding carboxylic acids is 2. The Balaban J connectivity index is 2.31. The number of rotatable bonds is 2. The number of ether oxygens (including phenoxy) is 1. The Morgan fingerprint density at radius 2 is 2.00 bits per heavy atom. The summed E-state index contributed by atoms with van der Waals surface area (Å²) >= 11 is 0. The Labute approximate surface area is 124 Å². The van der Waals surface area contributed by atoms with Gasteiger partial charge in [-0.05, 0) is 32.0 Å². The van der Waals surface area contributed by atoms with Gasteiger partial charge in [-0.15, -0.1) is 0 Å². The molecule has 0 saturated carbocycles. The van der Waals surface area contributed by atoms with E-state index in [4.69, 9.17) is 10.5 Å². The van der Waals surface area contributed by atoms with Gasteiger partial charge in [0.15, 0.2) is 0 Å². The number of nitrogens with two attached hydrogens (primary N) is 1. The van der Waals surface area contributed by atoms with Crippen LogP contribution >= 0.6 is 0 Å². The van der Waals surface area contributed by atoms with Crippen molar-refractivity contribution in [2.45, 2.75) is 19.4 Å². The molecular formula is C15H21N3O3. The molecule has 1 aromatic carbocycles. The molecule has 6 heteroatoms. The van der Waals surface area contributed by atoms with Crippen LogP contribution in [0.5, 0.6) is 5.75 Å². The molecule has 1 aromatic rings. The number of piperazine rings is 1. The van der Waals surface area contributed by atoms with Crippen molar-refractivity contribution in [1.82, 2.24) is 9.80 Å². The number of hydrogen-bond donors (Lipinski definition) is 1. The average molecular weight is 291 g/mol. The fourth-order valence-electron chi connectivity index (χ4n) is 2.59. The smallest absolute Gasteiger partial charge is 0.254 e. The van der Waals surface area contributed by atoms with Gasteiger partial charge in [0, 0.05) is 25.7 Å². The molecule has 1 fully saturated rings. The third-order valence-electron chi connectivity index (χ3n) is 3.93. The highest BCUT2D eigenvalue weighted by Crippen LogP contribution is 2.27. The first kappa shape index (κ1) is 15.2. The summed E-state index contributed by atoms with van der Waals surface area (Å²) in [7, 11) is 3.27. The van der Waals surface area contributed by atoms with Crippen molar-refractivity contribution < 1.29 is 14.3 Å². The van der Waals surface area contributed by atoms with Crippen LogP contribution in [0.1, 0.15) is 24.2 Å². The van der Waals surface area contributed by atoms with Gasteiger partial charge >= 0.3 is 0 Å². The van der Waals surface area contributed by atoms with E-state index in [9.17, 15) is 9.59 Å². The largest absolute Gasteiger partial charge is 0.495 e. The number of methoxy groups -OCH3 is 1. The van der Waals surface area contributed by atoms with Crippen LogP contribution in [0, 0.1) is 0 Å². The summed E-state index contributed by atoms with van der Waals surface area (Å²) in [6.45, 7) is 4.55. The third-order valence-corrected chi connectivity index (χ3v) is 3.93. The molecule has 1 heterocycles. The monoisotopic (exact) mass is 291 g/mol. The van der Waals surface area contributed by atoms with Crippen LogP contribution < -0.4 is 10.5 Å². The lowest BCUT2D eigenvalue weighted by Crippen LogP contribution is -2.63. The number of nitrogen functional groups attached to an aromatic ring is 1. The normalized spacial score (nSPS) is 17.8. The fourth-order valence-corrected chi connectivity index (χ4v) is 2.59. The van der Waals surface area contributed by atoms with Crippen molar-refractivity contribution in [3.63, 3.8) is 0 Å². The molecule has 2 N–H and O–H groups in total. The zero-order valence-corrected chi connectivity index (χ0v) is 12.8. The van der Waals surface area contributed by atoms with E-state index < -0.39 is 5.54 Å². The lowest BCUT2D eigenvalue weighted by Gasteiger charge is -2.44. The highest BCUT2D eigenvalue weighted by atomic mass is 16.5. The lowest BCUT2D eigenvalue weighted by atomic mass is 9.96. The van der Waals surface area contributed by atoms with Crippen molar-refractivity contribution in [2.24, 2.45) is 0 Å². The number of benzene rings is 1. The van der Waals surface area contributed by atoms with Crippen molar-refractivity contribution in [3.8, 4) is 5.75 Å². The molecule has 2 amide bonds. The third kappa shape index (κ3) is 2.53. The summed E-state index contributed by atoms with van der Waals surface area (Å²) in [4.78, 5) is 28.2. The summed E-state index contributed by atoms with van der Waals surface area (Å²) < 4.78 is 5.09. The Morgan fingerprint density at radius 1 is 1.33 bits per heavy atom. The summed E-state index contributed by atoms with van der Waals surface area (Å²) in [6.07, 6.45) is 0. The van der Waals surface area contributed by atoms with Gasteiger partial charge in [-0.2, -0.15) is 0 Å². The van der Waals surface area contributed by atoms with E-state index in [1.54, 1.807) is 48.9 Å². The second-order valence-corrected chi connectivity index (χ2v) is 5.70. The van der Waals surface area contributed by atoms with Crippen LogP contribution in [0.15, 0.2) is 18.2 Å². The van der Waals surface area contributed by atoms with Crippen LogP contribution in [0.4, 0.5) is 5.69 Å². The minimum atomic E-state index is -0.862. The predicted molar refractivity (Wildman–Crippen MR) is 80.2 cm³/mol. The Hall–Kier alpha value is -2.24. The molecule has 0 unspecified atom stereocenters. The minimum Gasteiger partial charge on any atom is -0.495 e. The second-order valence-electron chi connectivity index (χ2n) is 5.70. The zero-order valence-electron chi connectivity index (χ0n) is 12.8. The van der Waals surface area contributed by atoms with Crippen LogP contribution in [0.3, 0.4) is 0 Å². The topological polar surface area (TPSA) is 75.9 Å². The lowest BCUT2D eigenvalue weighted by molar-refractivity contribution is -0.144. The van der Waals surface area contributed by atoms with Crippen LogP contribution in [-0.4, -0.2) is 54.4 Å². The Bertz CT molecular complexity index is 584. The second kappa shape index (κ2) is 5.27. The molecule has 1 saturated heterocycles. The molecule has 0 radical (unpaired) electrons. The highest BCUT2D eigenvalue weighted by molar-refractivity contribution is 6.00. The van der Waals surface area contributed by atoms with Gasteiger partial charge in [0.1, 0.15) is 11.3 Å². The number of likely N-dealkylation sites (N-methyl/N-ethyl adjacent to an activating group) is 1. The van der Waals surface area contributed by atoms with E-state index in [1.807, 2.05) is 0 Å². The van der Waals surface area contributed by atoms with Gasteiger partial charge in [0.05, 0.1) is 12.8 Å². The molecule has 21 heavy (non-hydrogen) atoms. The van der Waals surface area contributed by atoms with E-state index in [1.165, 1.54) is 7.11 Å². The minimum absolute atomic E-state index is 0.0661. The molecule has 1 aliphatic rings. The molecule has 0 aromatic heterocycles. The van der Waals surface area contributed by atoms with E-state index in [0.29, 0.717) is 30.1 Å². The molecular weight excluding hydrogens is 270 g/mol. The van der Waals surface area contributed by atoms with Gasteiger partial charge in [-0.1, -0.05) is 0 Å². The summed E-state index contributed by atoms with van der Waals surface area (Å²) in [5.41, 5.74) is 5.84. The average Bonchev–Trinajstić information content (AvgIpc) is 2.44. The number of carbonyl (C=O) groups is 2. The first-order valence-electron chi connectivity index (χ1n) is 6.80. The van der Waals surface area contributed by atoms with Crippen molar-refractivity contribution in [3.05, 3.63) is 23.8 Å². The quantitative estimate of drug-likeness (QED) is 0.824. The molecule has 114 valence electrons. The van der Waals surface area contributed by atoms with E-state index in [0.717, 1.165) is 0 Å². The van der Waals surface area contributed by atoms with Crippen LogP contribution in [0.25, 0.3) is 0 Å². The van der Waals surface area contributed by atoms with E-state index >= 15 is 0 Å². The van der Waals surface area contributed by atoms with Crippen LogP contribution in [-0.2, 0) is 4.79 Å². The van der Waals surface area contributed by atoms with E-state index in [2.05, 4.69) is 0 Å². The highest BCUT2D eigenvalue weighted by Gasteiger charge is 2.43. The molecule has 2 rings (SSSR count). The van der Waals surface area contributed by atoms with Crippen LogP contribution in [0.2, 0.25) is 0 Å². The standard InChI is InChI=1S/C15H21N3O3/c1-15(2)14(20)17(3)7-8-18(15)13(19)10-5-6-12(21-4)11(16)9-10/h5-6,9H,7-8,16H2,1-4H3. The first-order valence-corrected chi connectivity index (χ1v) is 6.80. The summed E-state index contributed by atoms with van der Waals surface area (Å²) in [5.74, 6) is 0.264. The van der Waals surface area contributed by atoms with Gasteiger partial charge in [-0.3, -0.25) is 9.59 Å². The molecule has 0 aliphatic carbocycles. The maximum atomic E-state index is 12.7. The number of amides is 2. The molecule has 6 nitrogen and oxygen atoms in total. The van der Waals surface area contributed by atoms with Gasteiger partial charge in [-0.25, -0.2) is 0 Å². The molecule has 0 atom stereocenters. The number of anilines is 1. The maximum absolute atomic E-state index is 12.7. The Morgan fingerprint density at radius 3 is 2.57 bits per heavy atom. The summed E-state index contributed by atoms with van der Waals surface area (Å²) in [5, 5.41) is 0. The summed E-state index contributed by atoms with van der Waals surface area (Å²) in [6, 6.07) is 4.91. The predicted octanol–water partition coefficient (Wildman–Crippen LogP) is 0.970. The van der Waals surface area contributed by atoms with Crippen molar-refractivity contribution in [1.29, 1.82) is 0 Å². The number of hydrogen-bond acceptors (Lipinski definition) is 4. The molecule has 1 aliphatic heterocycles. The van der Waals surface area contributed by atoms with E-state index in [-0.39, 0.29) is 11.8 Å². The zero-order chi connectivity index (χ0) is 15.8. The SMILES string of the molecule is COc1ccc(C(=O)N2CCN(C)C(=O)C2(C)C)cc1N. The molecule has 0 spiro atoms. The number of nitrogens with zero attached hydrogens (tertiary/aromatic N) is 2.